The Morgan fingerprint density at radius 1 is 1.00 bits per heavy atom. The molecular weight excluding hydrogens is 376 g/mol. The van der Waals surface area contributed by atoms with Gasteiger partial charge in [-0.15, -0.1) is 0 Å². The SMILES string of the molecule is Cc1ccccc1C(=O)[C@@]1(O)[C@@H](C(=O)C(O)c2ccccc2C)OC(O)[C@]1(C)O. The van der Waals surface area contributed by atoms with Crippen LogP contribution in [0, 0.1) is 13.8 Å². The molecule has 2 aromatic carbocycles. The Labute approximate surface area is 168 Å². The number of aliphatic hydroxyl groups is 4. The van der Waals surface area contributed by atoms with E-state index in [1.54, 1.807) is 50.2 Å². The van der Waals surface area contributed by atoms with Crippen LogP contribution in [0.5, 0.6) is 0 Å². The number of benzene rings is 2. The Hall–Kier alpha value is -2.42. The number of carbonyl (C=O) groups excluding carboxylic acids is 2. The number of aliphatic hydroxyl groups excluding tert-OH is 2. The molecule has 0 aliphatic carbocycles. The van der Waals surface area contributed by atoms with Crippen LogP contribution in [0.15, 0.2) is 48.5 Å². The Morgan fingerprint density at radius 2 is 1.55 bits per heavy atom. The van der Waals surface area contributed by atoms with Crippen molar-refractivity contribution < 1.29 is 34.8 Å². The summed E-state index contributed by atoms with van der Waals surface area (Å²) in [6, 6.07) is 12.9. The van der Waals surface area contributed by atoms with Crippen molar-refractivity contribution in [3.8, 4) is 0 Å². The number of rotatable bonds is 5. The van der Waals surface area contributed by atoms with Gasteiger partial charge in [0.25, 0.3) is 0 Å². The van der Waals surface area contributed by atoms with E-state index in [9.17, 15) is 30.0 Å². The maximum atomic E-state index is 13.3. The molecule has 1 saturated heterocycles. The van der Waals surface area contributed by atoms with E-state index in [2.05, 4.69) is 0 Å². The molecule has 7 heteroatoms. The van der Waals surface area contributed by atoms with Crippen molar-refractivity contribution in [2.45, 2.75) is 50.5 Å². The summed E-state index contributed by atoms with van der Waals surface area (Å²) in [6.45, 7) is 4.34. The molecule has 1 aliphatic heterocycles. The van der Waals surface area contributed by atoms with Crippen molar-refractivity contribution in [1.82, 2.24) is 0 Å². The van der Waals surface area contributed by atoms with Crippen LogP contribution in [-0.4, -0.2) is 55.6 Å². The standard InChI is InChI=1S/C22H24O7/c1-12-8-4-6-10-14(12)16(23)17(24)19-22(28,21(3,27)20(26)29-19)18(25)15-11-7-5-9-13(15)2/h4-11,16,19-20,23,26-28H,1-3H3/t16?,19-,20?,21+,22-/m1/s1. The molecule has 0 aromatic heterocycles. The number of carbonyl (C=O) groups is 2. The van der Waals surface area contributed by atoms with Gasteiger partial charge in [-0.2, -0.15) is 0 Å². The van der Waals surface area contributed by atoms with E-state index < -0.39 is 41.3 Å². The molecule has 2 unspecified atom stereocenters. The lowest BCUT2D eigenvalue weighted by Gasteiger charge is -2.36. The number of hydrogen-bond acceptors (Lipinski definition) is 7. The molecule has 0 amide bonds. The first-order valence-electron chi connectivity index (χ1n) is 9.19. The van der Waals surface area contributed by atoms with Crippen molar-refractivity contribution >= 4 is 11.6 Å². The van der Waals surface area contributed by atoms with Crippen molar-refractivity contribution in [2.24, 2.45) is 0 Å². The van der Waals surface area contributed by atoms with Crippen molar-refractivity contribution in [3.63, 3.8) is 0 Å². The van der Waals surface area contributed by atoms with Gasteiger partial charge in [0.15, 0.2) is 29.4 Å². The average Bonchev–Trinajstić information content (AvgIpc) is 2.88. The highest BCUT2D eigenvalue weighted by molar-refractivity contribution is 6.09. The van der Waals surface area contributed by atoms with Gasteiger partial charge in [-0.25, -0.2) is 0 Å². The predicted octanol–water partition coefficient (Wildman–Crippen LogP) is 0.988. The lowest BCUT2D eigenvalue weighted by molar-refractivity contribution is -0.176. The summed E-state index contributed by atoms with van der Waals surface area (Å²) in [7, 11) is 0. The highest BCUT2D eigenvalue weighted by atomic mass is 16.7. The van der Waals surface area contributed by atoms with Crippen LogP contribution in [-0.2, 0) is 9.53 Å². The second-order valence-corrected chi connectivity index (χ2v) is 7.59. The zero-order valence-electron chi connectivity index (χ0n) is 16.4. The van der Waals surface area contributed by atoms with E-state index in [4.69, 9.17) is 4.74 Å². The molecule has 0 saturated carbocycles. The minimum Gasteiger partial charge on any atom is -0.381 e. The quantitative estimate of drug-likeness (QED) is 0.552. The van der Waals surface area contributed by atoms with E-state index in [0.29, 0.717) is 11.1 Å². The minimum absolute atomic E-state index is 0.0659. The largest absolute Gasteiger partial charge is 0.381 e. The van der Waals surface area contributed by atoms with Crippen molar-refractivity contribution in [3.05, 3.63) is 70.8 Å². The van der Waals surface area contributed by atoms with Gasteiger partial charge in [-0.3, -0.25) is 9.59 Å². The fourth-order valence-electron chi connectivity index (χ4n) is 3.66. The number of ketones is 2. The number of Topliss-reactive ketones (excluding diaryl/α,β-unsaturated/α-hetero) is 2. The van der Waals surface area contributed by atoms with Gasteiger partial charge in [0, 0.05) is 5.56 Å². The molecule has 7 nitrogen and oxygen atoms in total. The summed E-state index contributed by atoms with van der Waals surface area (Å²) in [5.74, 6) is -2.02. The fraction of sp³-hybridized carbons (Fsp3) is 0.364. The zero-order valence-corrected chi connectivity index (χ0v) is 16.4. The molecule has 154 valence electrons. The van der Waals surface area contributed by atoms with Crippen LogP contribution in [0.4, 0.5) is 0 Å². The van der Waals surface area contributed by atoms with Crippen LogP contribution in [0.3, 0.4) is 0 Å². The summed E-state index contributed by atoms with van der Waals surface area (Å²) in [5, 5.41) is 42.8. The van der Waals surface area contributed by atoms with Gasteiger partial charge in [-0.05, 0) is 37.5 Å². The molecule has 4 N–H and O–H groups in total. The van der Waals surface area contributed by atoms with Crippen LogP contribution in [0.2, 0.25) is 0 Å². The molecule has 0 bridgehead atoms. The smallest absolute Gasteiger partial charge is 0.201 e. The molecule has 3 rings (SSSR count). The third-order valence-electron chi connectivity index (χ3n) is 5.64. The molecule has 5 atom stereocenters. The maximum absolute atomic E-state index is 13.3. The van der Waals surface area contributed by atoms with Gasteiger partial charge >= 0.3 is 0 Å². The van der Waals surface area contributed by atoms with E-state index in [-0.39, 0.29) is 11.1 Å². The number of aryl methyl sites for hydroxylation is 2. The molecule has 0 radical (unpaired) electrons. The topological polar surface area (TPSA) is 124 Å². The summed E-state index contributed by atoms with van der Waals surface area (Å²) >= 11 is 0. The van der Waals surface area contributed by atoms with Crippen molar-refractivity contribution in [1.29, 1.82) is 0 Å². The Kier molecular flexibility index (Phi) is 5.46. The molecule has 1 fully saturated rings. The van der Waals surface area contributed by atoms with Crippen LogP contribution in [0.1, 0.15) is 40.1 Å². The van der Waals surface area contributed by atoms with Gasteiger partial charge in [0.1, 0.15) is 6.10 Å². The van der Waals surface area contributed by atoms with Crippen LogP contribution >= 0.6 is 0 Å². The number of hydrogen-bond donors (Lipinski definition) is 4. The average molecular weight is 400 g/mol. The molecule has 1 aliphatic rings. The Bertz CT molecular complexity index is 952. The maximum Gasteiger partial charge on any atom is 0.201 e. The van der Waals surface area contributed by atoms with Gasteiger partial charge in [0.2, 0.25) is 5.78 Å². The van der Waals surface area contributed by atoms with E-state index in [1.165, 1.54) is 12.1 Å². The van der Waals surface area contributed by atoms with Crippen molar-refractivity contribution in [2.75, 3.05) is 0 Å². The zero-order chi connectivity index (χ0) is 21.6. The third kappa shape index (κ3) is 3.21. The van der Waals surface area contributed by atoms with E-state index in [0.717, 1.165) is 6.92 Å². The first-order valence-corrected chi connectivity index (χ1v) is 9.19. The predicted molar refractivity (Wildman–Crippen MR) is 103 cm³/mol. The molecule has 2 aromatic rings. The summed E-state index contributed by atoms with van der Waals surface area (Å²) in [4.78, 5) is 26.3. The Balaban J connectivity index is 2.07. The summed E-state index contributed by atoms with van der Waals surface area (Å²) < 4.78 is 5.14. The first-order chi connectivity index (χ1) is 13.5. The molecule has 1 heterocycles. The monoisotopic (exact) mass is 400 g/mol. The van der Waals surface area contributed by atoms with Gasteiger partial charge in [0.05, 0.1) is 0 Å². The van der Waals surface area contributed by atoms with Crippen LogP contribution in [0.25, 0.3) is 0 Å². The fourth-order valence-corrected chi connectivity index (χ4v) is 3.66. The normalized spacial score (nSPS) is 30.2. The third-order valence-corrected chi connectivity index (χ3v) is 5.64. The van der Waals surface area contributed by atoms with Crippen LogP contribution < -0.4 is 0 Å². The lowest BCUT2D eigenvalue weighted by atomic mass is 9.73. The minimum atomic E-state index is -2.81. The molecular formula is C22H24O7. The Morgan fingerprint density at radius 3 is 2.14 bits per heavy atom. The molecule has 0 spiro atoms. The second kappa shape index (κ2) is 7.44. The summed E-state index contributed by atoms with van der Waals surface area (Å²) in [5.41, 5.74) is -3.83. The number of ether oxygens (including phenoxy) is 1. The first kappa shape index (κ1) is 21.3. The van der Waals surface area contributed by atoms with Gasteiger partial charge < -0.3 is 25.2 Å². The second-order valence-electron chi connectivity index (χ2n) is 7.59. The van der Waals surface area contributed by atoms with E-state index in [1.807, 2.05) is 0 Å². The highest BCUT2D eigenvalue weighted by Gasteiger charge is 2.69. The summed E-state index contributed by atoms with van der Waals surface area (Å²) in [6.07, 6.45) is -5.72. The lowest BCUT2D eigenvalue weighted by Crippen LogP contribution is -2.64. The highest BCUT2D eigenvalue weighted by Crippen LogP contribution is 2.43. The molecule has 29 heavy (non-hydrogen) atoms. The van der Waals surface area contributed by atoms with Gasteiger partial charge in [-0.1, -0.05) is 48.5 Å². The van der Waals surface area contributed by atoms with E-state index >= 15 is 0 Å².